The van der Waals surface area contributed by atoms with E-state index in [0.29, 0.717) is 25.5 Å². The van der Waals surface area contributed by atoms with Crippen molar-refractivity contribution in [2.45, 2.75) is 13.5 Å². The molecule has 19 heavy (non-hydrogen) atoms. The van der Waals surface area contributed by atoms with Crippen LogP contribution in [0.5, 0.6) is 0 Å². The van der Waals surface area contributed by atoms with Crippen molar-refractivity contribution in [2.75, 3.05) is 40.4 Å². The van der Waals surface area contributed by atoms with E-state index in [1.165, 1.54) is 0 Å². The Morgan fingerprint density at radius 1 is 1.47 bits per heavy atom. The Balaban J connectivity index is 2.17. The molecule has 0 fully saturated rings. The van der Waals surface area contributed by atoms with Gasteiger partial charge in [-0.25, -0.2) is 4.79 Å². The summed E-state index contributed by atoms with van der Waals surface area (Å²) in [4.78, 5) is 12.8. The fraction of sp³-hybridized carbons (Fsp3) is 0.615. The standard InChI is InChI=1S/C13H22N2O4/c1-10-11(8-12(19-10)13(16)17)9-14-4-6-18-7-5-15(2)3/h8,14H,4-7,9H2,1-3H3,(H,16,17). The van der Waals surface area contributed by atoms with E-state index < -0.39 is 5.97 Å². The number of rotatable bonds is 9. The fourth-order valence-corrected chi connectivity index (χ4v) is 1.52. The molecule has 0 bridgehead atoms. The Morgan fingerprint density at radius 3 is 2.79 bits per heavy atom. The molecule has 0 aliphatic rings. The lowest BCUT2D eigenvalue weighted by Crippen LogP contribution is -2.23. The first-order valence-corrected chi connectivity index (χ1v) is 6.26. The molecule has 2 N–H and O–H groups in total. The molecule has 1 aromatic heterocycles. The number of carboxylic acid groups (broad SMARTS) is 1. The van der Waals surface area contributed by atoms with Crippen LogP contribution in [0, 0.1) is 6.92 Å². The molecule has 0 unspecified atom stereocenters. The summed E-state index contributed by atoms with van der Waals surface area (Å²) in [6.07, 6.45) is 0. The fourth-order valence-electron chi connectivity index (χ4n) is 1.52. The summed E-state index contributed by atoms with van der Waals surface area (Å²) in [5, 5.41) is 12.0. The van der Waals surface area contributed by atoms with Crippen LogP contribution >= 0.6 is 0 Å². The van der Waals surface area contributed by atoms with E-state index in [-0.39, 0.29) is 5.76 Å². The van der Waals surface area contributed by atoms with E-state index in [1.807, 2.05) is 14.1 Å². The third-order valence-corrected chi connectivity index (χ3v) is 2.65. The van der Waals surface area contributed by atoms with Crippen LogP contribution in [0.3, 0.4) is 0 Å². The second-order valence-electron chi connectivity index (χ2n) is 4.59. The molecular weight excluding hydrogens is 248 g/mol. The number of aromatic carboxylic acids is 1. The van der Waals surface area contributed by atoms with Crippen LogP contribution < -0.4 is 5.32 Å². The van der Waals surface area contributed by atoms with Gasteiger partial charge in [-0.15, -0.1) is 0 Å². The maximum Gasteiger partial charge on any atom is 0.371 e. The maximum atomic E-state index is 10.7. The highest BCUT2D eigenvalue weighted by Crippen LogP contribution is 2.14. The number of nitrogens with zero attached hydrogens (tertiary/aromatic N) is 1. The third-order valence-electron chi connectivity index (χ3n) is 2.65. The van der Waals surface area contributed by atoms with Gasteiger partial charge in [0.05, 0.1) is 13.2 Å². The van der Waals surface area contributed by atoms with Gasteiger partial charge in [0.15, 0.2) is 0 Å². The van der Waals surface area contributed by atoms with Crippen LogP contribution in [0.25, 0.3) is 0 Å². The van der Waals surface area contributed by atoms with E-state index in [9.17, 15) is 4.79 Å². The van der Waals surface area contributed by atoms with Gasteiger partial charge < -0.3 is 24.5 Å². The minimum atomic E-state index is -1.04. The Hall–Kier alpha value is -1.37. The number of ether oxygens (including phenoxy) is 1. The number of furan rings is 1. The predicted molar refractivity (Wildman–Crippen MR) is 71.5 cm³/mol. The lowest BCUT2D eigenvalue weighted by atomic mass is 10.2. The molecule has 0 spiro atoms. The van der Waals surface area contributed by atoms with Gasteiger partial charge in [0.25, 0.3) is 0 Å². The molecular formula is C13H22N2O4. The van der Waals surface area contributed by atoms with Crippen molar-refractivity contribution in [1.82, 2.24) is 10.2 Å². The van der Waals surface area contributed by atoms with Gasteiger partial charge in [0.1, 0.15) is 5.76 Å². The lowest BCUT2D eigenvalue weighted by molar-refractivity contribution is 0.0661. The predicted octanol–water partition coefficient (Wildman–Crippen LogP) is 0.954. The molecule has 0 saturated carbocycles. The molecule has 108 valence electrons. The molecule has 1 aromatic rings. The maximum absolute atomic E-state index is 10.7. The summed E-state index contributed by atoms with van der Waals surface area (Å²) >= 11 is 0. The van der Waals surface area contributed by atoms with Gasteiger partial charge in [-0.3, -0.25) is 0 Å². The number of likely N-dealkylation sites (N-methyl/N-ethyl adjacent to an activating group) is 1. The average Bonchev–Trinajstić information content (AvgIpc) is 2.69. The van der Waals surface area contributed by atoms with Crippen LogP contribution in [0.4, 0.5) is 0 Å². The molecule has 0 aliphatic heterocycles. The largest absolute Gasteiger partial charge is 0.475 e. The highest BCUT2D eigenvalue weighted by atomic mass is 16.5. The van der Waals surface area contributed by atoms with Crippen molar-refractivity contribution < 1.29 is 19.1 Å². The Morgan fingerprint density at radius 2 is 2.21 bits per heavy atom. The van der Waals surface area contributed by atoms with Crippen LogP contribution in [-0.2, 0) is 11.3 Å². The molecule has 6 nitrogen and oxygen atoms in total. The van der Waals surface area contributed by atoms with Crippen LogP contribution in [0.2, 0.25) is 0 Å². The number of aryl methyl sites for hydroxylation is 1. The van der Waals surface area contributed by atoms with E-state index >= 15 is 0 Å². The summed E-state index contributed by atoms with van der Waals surface area (Å²) in [5.74, 6) is -0.420. The smallest absolute Gasteiger partial charge is 0.371 e. The topological polar surface area (TPSA) is 74.9 Å². The van der Waals surface area contributed by atoms with Gasteiger partial charge in [-0.1, -0.05) is 0 Å². The van der Waals surface area contributed by atoms with Crippen LogP contribution in [-0.4, -0.2) is 56.4 Å². The zero-order valence-corrected chi connectivity index (χ0v) is 11.7. The Labute approximate surface area is 113 Å². The van der Waals surface area contributed by atoms with Gasteiger partial charge in [-0.2, -0.15) is 0 Å². The van der Waals surface area contributed by atoms with Crippen LogP contribution in [0.1, 0.15) is 21.9 Å². The number of carbonyl (C=O) groups is 1. The first-order chi connectivity index (χ1) is 9.00. The van der Waals surface area contributed by atoms with E-state index in [2.05, 4.69) is 10.2 Å². The van der Waals surface area contributed by atoms with Crippen molar-refractivity contribution in [3.05, 3.63) is 23.2 Å². The summed E-state index contributed by atoms with van der Waals surface area (Å²) < 4.78 is 10.6. The first kappa shape index (κ1) is 15.7. The van der Waals surface area contributed by atoms with Gasteiger partial charge >= 0.3 is 5.97 Å². The normalized spacial score (nSPS) is 11.2. The van der Waals surface area contributed by atoms with Gasteiger partial charge in [0, 0.05) is 25.2 Å². The quantitative estimate of drug-likeness (QED) is 0.651. The lowest BCUT2D eigenvalue weighted by Gasteiger charge is -2.10. The summed E-state index contributed by atoms with van der Waals surface area (Å²) in [6.45, 7) is 5.32. The molecule has 0 radical (unpaired) electrons. The molecule has 0 aliphatic carbocycles. The first-order valence-electron chi connectivity index (χ1n) is 6.26. The molecule has 0 aromatic carbocycles. The molecule has 6 heteroatoms. The number of hydrogen-bond acceptors (Lipinski definition) is 5. The minimum absolute atomic E-state index is 0.0171. The monoisotopic (exact) mass is 270 g/mol. The Bertz CT molecular complexity index is 401. The minimum Gasteiger partial charge on any atom is -0.475 e. The molecule has 1 rings (SSSR count). The molecule has 0 amide bonds. The Kier molecular flexibility index (Phi) is 6.55. The summed E-state index contributed by atoms with van der Waals surface area (Å²) in [7, 11) is 4.01. The van der Waals surface area contributed by atoms with Crippen molar-refractivity contribution in [2.24, 2.45) is 0 Å². The SMILES string of the molecule is Cc1oc(C(=O)O)cc1CNCCOCCN(C)C. The van der Waals surface area contributed by atoms with Crippen molar-refractivity contribution in [3.8, 4) is 0 Å². The number of carboxylic acids is 1. The number of hydrogen-bond donors (Lipinski definition) is 2. The van der Waals surface area contributed by atoms with Crippen LogP contribution in [0.15, 0.2) is 10.5 Å². The summed E-state index contributed by atoms with van der Waals surface area (Å²) in [6, 6.07) is 1.55. The highest BCUT2D eigenvalue weighted by molar-refractivity contribution is 5.84. The highest BCUT2D eigenvalue weighted by Gasteiger charge is 2.12. The summed E-state index contributed by atoms with van der Waals surface area (Å²) in [5.41, 5.74) is 0.866. The zero-order chi connectivity index (χ0) is 14.3. The molecule has 0 atom stereocenters. The van der Waals surface area contributed by atoms with Crippen molar-refractivity contribution in [1.29, 1.82) is 0 Å². The molecule has 0 saturated heterocycles. The average molecular weight is 270 g/mol. The number of nitrogens with one attached hydrogen (secondary N) is 1. The molecule has 1 heterocycles. The second-order valence-corrected chi connectivity index (χ2v) is 4.59. The van der Waals surface area contributed by atoms with Gasteiger partial charge in [-0.05, 0) is 27.1 Å². The second kappa shape index (κ2) is 7.93. The third kappa shape index (κ3) is 5.87. The van der Waals surface area contributed by atoms with Crippen molar-refractivity contribution in [3.63, 3.8) is 0 Å². The zero-order valence-electron chi connectivity index (χ0n) is 11.7. The van der Waals surface area contributed by atoms with E-state index in [1.54, 1.807) is 13.0 Å². The van der Waals surface area contributed by atoms with E-state index in [4.69, 9.17) is 14.3 Å². The van der Waals surface area contributed by atoms with E-state index in [0.717, 1.165) is 18.7 Å². The van der Waals surface area contributed by atoms with Gasteiger partial charge in [0.2, 0.25) is 5.76 Å². The van der Waals surface area contributed by atoms with Crippen molar-refractivity contribution >= 4 is 5.97 Å².